The summed E-state index contributed by atoms with van der Waals surface area (Å²) in [5.41, 5.74) is 0. The molecule has 0 aliphatic heterocycles. The number of hydrogen-bond acceptors (Lipinski definition) is 8. The van der Waals surface area contributed by atoms with Gasteiger partial charge in [0.2, 0.25) is 0 Å². The van der Waals surface area contributed by atoms with Gasteiger partial charge in [-0.15, -0.1) is 0 Å². The summed E-state index contributed by atoms with van der Waals surface area (Å²) in [5.74, 6) is 0. The third-order valence-corrected chi connectivity index (χ3v) is 17.0. The summed E-state index contributed by atoms with van der Waals surface area (Å²) in [6.45, 7) is 12.9. The summed E-state index contributed by atoms with van der Waals surface area (Å²) < 4.78 is 2.03. The van der Waals surface area contributed by atoms with E-state index >= 15 is 0 Å². The second kappa shape index (κ2) is 94.5. The van der Waals surface area contributed by atoms with Crippen LogP contribution in [0.4, 0.5) is 0 Å². The predicted molar refractivity (Wildman–Crippen MR) is 430 cm³/mol. The van der Waals surface area contributed by atoms with E-state index < -0.39 is 0 Å². The molecule has 0 aliphatic rings. The second-order valence-electron chi connectivity index (χ2n) is 24.6. The van der Waals surface area contributed by atoms with Gasteiger partial charge in [-0.05, 0) is 128 Å². The van der Waals surface area contributed by atoms with Crippen molar-refractivity contribution < 1.29 is 21.1 Å². The van der Waals surface area contributed by atoms with E-state index in [1.54, 1.807) is 0 Å². The molecular formula is C76H144MoN4S8. The van der Waals surface area contributed by atoms with E-state index in [1.165, 1.54) is 360 Å². The molecule has 0 saturated carbocycles. The van der Waals surface area contributed by atoms with E-state index in [9.17, 15) is 0 Å². The largest absolute Gasteiger partial charge is 4.00 e. The molecule has 0 aromatic heterocycles. The molecule has 522 valence electrons. The van der Waals surface area contributed by atoms with Crippen molar-refractivity contribution in [3.05, 3.63) is 48.6 Å². The van der Waals surface area contributed by atoms with E-state index in [0.29, 0.717) is 17.3 Å². The fourth-order valence-electron chi connectivity index (χ4n) is 10.3. The van der Waals surface area contributed by atoms with Gasteiger partial charge in [-0.2, -0.15) is 0 Å². The molecule has 0 radical (unpaired) electrons. The Labute approximate surface area is 615 Å². The van der Waals surface area contributed by atoms with Crippen molar-refractivity contribution in [2.75, 3.05) is 26.2 Å². The molecule has 0 spiro atoms. The minimum atomic E-state index is 0. The van der Waals surface area contributed by atoms with Crippen LogP contribution in [-0.2, 0) is 71.6 Å². The molecule has 89 heavy (non-hydrogen) atoms. The average Bonchev–Trinajstić information content (AvgIpc) is 3.50. The van der Waals surface area contributed by atoms with Crippen LogP contribution in [0.5, 0.6) is 0 Å². The molecule has 0 atom stereocenters. The molecule has 0 aromatic rings. The Kier molecular flexibility index (Phi) is 104. The third kappa shape index (κ3) is 113. The van der Waals surface area contributed by atoms with Crippen LogP contribution in [0.1, 0.15) is 387 Å². The Bertz CT molecular complexity index is 1280. The van der Waals surface area contributed by atoms with Crippen LogP contribution in [0.2, 0.25) is 0 Å². The molecular weight excluding hydrogens is 1320 g/mol. The van der Waals surface area contributed by atoms with Crippen molar-refractivity contribution >= 4 is 117 Å². The summed E-state index contributed by atoms with van der Waals surface area (Å²) in [6.07, 6.45) is 94.5. The van der Waals surface area contributed by atoms with Gasteiger partial charge >= 0.3 is 21.1 Å². The van der Waals surface area contributed by atoms with Crippen molar-refractivity contribution in [3.63, 3.8) is 0 Å². The number of rotatable bonds is 64. The Balaban J connectivity index is -0.000000351. The van der Waals surface area contributed by atoms with Crippen molar-refractivity contribution in [1.29, 1.82) is 0 Å². The fourth-order valence-corrected chi connectivity index (χ4v) is 11.1. The summed E-state index contributed by atoms with van der Waals surface area (Å²) in [6, 6.07) is 0. The summed E-state index contributed by atoms with van der Waals surface area (Å²) in [5, 5.41) is 12.1. The Morgan fingerprint density at radius 2 is 0.315 bits per heavy atom. The minimum absolute atomic E-state index is 0. The summed E-state index contributed by atoms with van der Waals surface area (Å²) in [7, 11) is 0. The first-order valence-electron chi connectivity index (χ1n) is 37.5. The first-order chi connectivity index (χ1) is 43.1. The zero-order valence-corrected chi connectivity index (χ0v) is 67.3. The molecule has 0 unspecified atom stereocenters. The fraction of sp³-hybridized carbons (Fsp3) is 0.842. The molecule has 4 N–H and O–H groups in total. The van der Waals surface area contributed by atoms with Crippen molar-refractivity contribution in [2.45, 2.75) is 387 Å². The van der Waals surface area contributed by atoms with E-state index in [2.05, 4.69) is 97.6 Å². The first-order valence-corrected chi connectivity index (χ1v) is 40.7. The van der Waals surface area contributed by atoms with Crippen molar-refractivity contribution in [1.82, 2.24) is 21.3 Å². The van der Waals surface area contributed by atoms with Crippen LogP contribution < -0.4 is 21.3 Å². The van der Waals surface area contributed by atoms with Gasteiger partial charge in [-0.25, -0.2) is 0 Å². The summed E-state index contributed by atoms with van der Waals surface area (Å²) in [4.78, 5) is 0. The second-order valence-corrected chi connectivity index (χ2v) is 28.9. The van der Waals surface area contributed by atoms with Crippen LogP contribution in [0.15, 0.2) is 48.6 Å². The topological polar surface area (TPSA) is 48.1 Å². The quantitative estimate of drug-likeness (QED) is 0.0154. The van der Waals surface area contributed by atoms with Crippen LogP contribution in [0.25, 0.3) is 0 Å². The maximum atomic E-state index is 4.80. The molecule has 0 amide bonds. The number of unbranched alkanes of at least 4 members (excludes halogenated alkanes) is 48. The van der Waals surface area contributed by atoms with Gasteiger partial charge < -0.3 is 121 Å². The van der Waals surface area contributed by atoms with E-state index in [0.717, 1.165) is 26.2 Å². The molecule has 0 fully saturated rings. The van der Waals surface area contributed by atoms with E-state index in [-0.39, 0.29) is 21.1 Å². The molecule has 4 nitrogen and oxygen atoms in total. The van der Waals surface area contributed by atoms with Gasteiger partial charge in [0.05, 0.1) is 0 Å². The smallest absolute Gasteiger partial charge is 0.412 e. The molecule has 0 rings (SSSR count). The maximum Gasteiger partial charge on any atom is 4.00 e. The SMILES string of the molecule is CCCCCCCCC=CCCCCCCCCNC(=S)[S-].CCCCCCCCC=CCCCCCCCCNC(=S)[S-].CCCCCCCCC=CCCCCCCCCNC(=S)[S-].CCCCCCCCC=CCCCCCCCCNC(=S)[S-].[Mo+4]. The van der Waals surface area contributed by atoms with Crippen molar-refractivity contribution in [3.8, 4) is 0 Å². The predicted octanol–water partition coefficient (Wildman–Crippen LogP) is 25.8. The average molecular weight is 1470 g/mol. The van der Waals surface area contributed by atoms with Gasteiger partial charge in [0.25, 0.3) is 0 Å². The first kappa shape index (κ1) is 97.8. The Morgan fingerprint density at radius 3 is 0.438 bits per heavy atom. The van der Waals surface area contributed by atoms with Crippen LogP contribution in [-0.4, -0.2) is 43.5 Å². The Morgan fingerprint density at radius 1 is 0.202 bits per heavy atom. The monoisotopic (exact) mass is 1470 g/mol. The van der Waals surface area contributed by atoms with E-state index in [1.807, 2.05) is 0 Å². The van der Waals surface area contributed by atoms with E-state index in [4.69, 9.17) is 99.4 Å². The number of nitrogens with one attached hydrogen (secondary N) is 4. The van der Waals surface area contributed by atoms with Crippen LogP contribution >= 0.6 is 48.9 Å². The van der Waals surface area contributed by atoms with Gasteiger partial charge in [-0.1, -0.05) is 325 Å². The zero-order valence-electron chi connectivity index (χ0n) is 58.7. The number of allylic oxidation sites excluding steroid dienone is 8. The molecule has 0 bridgehead atoms. The number of hydrogen-bond donors (Lipinski definition) is 4. The van der Waals surface area contributed by atoms with Gasteiger partial charge in [0.15, 0.2) is 0 Å². The van der Waals surface area contributed by atoms with Gasteiger partial charge in [0.1, 0.15) is 0 Å². The normalized spacial score (nSPS) is 11.0. The molecule has 0 heterocycles. The maximum absolute atomic E-state index is 4.80. The van der Waals surface area contributed by atoms with Gasteiger partial charge in [0, 0.05) is 26.2 Å². The minimum Gasteiger partial charge on any atom is -0.412 e. The molecule has 0 saturated heterocycles. The van der Waals surface area contributed by atoms with Crippen LogP contribution in [0, 0.1) is 0 Å². The third-order valence-electron chi connectivity index (χ3n) is 15.8. The molecule has 0 aromatic carbocycles. The number of thiocarbonyl (C=S) groups is 4. The summed E-state index contributed by atoms with van der Waals surface area (Å²) >= 11 is 38.4. The standard InChI is InChI=1S/4C19H37NS2.Mo/c4*1-2-3-4-5-6-7-8-9-10-11-12-13-14-15-16-17-18-20-19(21)22;/h4*9-10H,2-8,11-18H2,1H3,(H2,20,21,22);/q;;;;+4/p-4. The molecule has 0 aliphatic carbocycles. The molecule has 13 heteroatoms. The van der Waals surface area contributed by atoms with Crippen LogP contribution in [0.3, 0.4) is 0 Å². The zero-order chi connectivity index (χ0) is 65.2. The van der Waals surface area contributed by atoms with Gasteiger partial charge in [-0.3, -0.25) is 0 Å². The Hall–Kier alpha value is 0.0883. The van der Waals surface area contributed by atoms with Crippen molar-refractivity contribution in [2.24, 2.45) is 0 Å².